The molecule has 0 aliphatic heterocycles. The highest BCUT2D eigenvalue weighted by molar-refractivity contribution is 7.98. The summed E-state index contributed by atoms with van der Waals surface area (Å²) in [6, 6.07) is 12.9. The molecule has 0 saturated heterocycles. The summed E-state index contributed by atoms with van der Waals surface area (Å²) in [5.74, 6) is 1.53. The molecule has 2 aromatic rings. The molecule has 2 aromatic carbocycles. The largest absolute Gasteiger partial charge is 0.458 e. The van der Waals surface area contributed by atoms with Crippen LogP contribution in [0.4, 0.5) is 4.79 Å². The summed E-state index contributed by atoms with van der Waals surface area (Å²) in [7, 11) is 0. The molecule has 3 atom stereocenters. The first-order valence-corrected chi connectivity index (χ1v) is 16.9. The second-order valence-corrected chi connectivity index (χ2v) is 13.9. The van der Waals surface area contributed by atoms with Crippen molar-refractivity contribution >= 4 is 35.6 Å². The molecule has 3 amide bonds. The van der Waals surface area contributed by atoms with Crippen molar-refractivity contribution in [3.8, 4) is 12.3 Å². The third-order valence-corrected chi connectivity index (χ3v) is 7.25. The Morgan fingerprint density at radius 2 is 1.50 bits per heavy atom. The third-order valence-electron chi connectivity index (χ3n) is 6.61. The monoisotopic (exact) mass is 651 g/mol. The Morgan fingerprint density at radius 3 is 2.07 bits per heavy atom. The Balaban J connectivity index is 2.62. The molecular formula is C36H49N3O6S. The molecule has 0 fully saturated rings. The number of carbonyl (C=O) groups excluding carboxylic acids is 4. The average Bonchev–Trinajstić information content (AvgIpc) is 2.97. The Hall–Kier alpha value is -3.97. The van der Waals surface area contributed by atoms with Crippen LogP contribution in [0.25, 0.3) is 0 Å². The lowest BCUT2D eigenvalue weighted by Gasteiger charge is -2.35. The quantitative estimate of drug-likeness (QED) is 0.200. The molecule has 250 valence electrons. The first-order valence-electron chi connectivity index (χ1n) is 15.5. The lowest BCUT2D eigenvalue weighted by Crippen LogP contribution is -2.55. The smallest absolute Gasteiger partial charge is 0.408 e. The molecule has 10 heteroatoms. The summed E-state index contributed by atoms with van der Waals surface area (Å²) in [6.45, 7) is 12.6. The first kappa shape index (κ1) is 38.2. The van der Waals surface area contributed by atoms with E-state index in [0.29, 0.717) is 29.7 Å². The number of nitrogens with one attached hydrogen (secondary N) is 2. The second-order valence-electron chi connectivity index (χ2n) is 12.9. The van der Waals surface area contributed by atoms with E-state index < -0.39 is 53.2 Å². The summed E-state index contributed by atoms with van der Waals surface area (Å²) >= 11 is 1.53. The third kappa shape index (κ3) is 12.4. The van der Waals surface area contributed by atoms with Crippen molar-refractivity contribution in [3.05, 3.63) is 71.3 Å². The van der Waals surface area contributed by atoms with Gasteiger partial charge in [-0.2, -0.15) is 11.8 Å². The second kappa shape index (κ2) is 17.7. The summed E-state index contributed by atoms with van der Waals surface area (Å²) in [4.78, 5) is 56.6. The van der Waals surface area contributed by atoms with Crippen LogP contribution in [-0.4, -0.2) is 70.6 Å². The van der Waals surface area contributed by atoms with E-state index in [2.05, 4.69) is 16.6 Å². The van der Waals surface area contributed by atoms with Gasteiger partial charge < -0.3 is 25.0 Å². The highest BCUT2D eigenvalue weighted by Crippen LogP contribution is 2.27. The van der Waals surface area contributed by atoms with E-state index >= 15 is 0 Å². The van der Waals surface area contributed by atoms with E-state index in [9.17, 15) is 19.2 Å². The van der Waals surface area contributed by atoms with Crippen LogP contribution >= 0.6 is 11.8 Å². The van der Waals surface area contributed by atoms with Crippen molar-refractivity contribution in [1.29, 1.82) is 0 Å². The molecule has 9 nitrogen and oxygen atoms in total. The van der Waals surface area contributed by atoms with Gasteiger partial charge in [-0.15, -0.1) is 6.42 Å². The molecule has 0 radical (unpaired) electrons. The minimum absolute atomic E-state index is 0.170. The standard InChI is InChI=1S/C36H49N3O6S/c1-10-22-39(32(41)28(21-23-46-9)38-34(43)45-36(6,7)8)30(27-20-16-15-19-26(27)11-2)31(40)37-29(33(42)44-35(3,4)5)24-25-17-13-12-14-18-25/h2,12-20,28-30H,10,21-24H2,1,3-9H3,(H,37,40)(H,38,43). The number of hydrogen-bond donors (Lipinski definition) is 2. The Bertz CT molecular complexity index is 1360. The van der Waals surface area contributed by atoms with Gasteiger partial charge in [-0.1, -0.05) is 61.4 Å². The number of benzene rings is 2. The number of terminal acetylenes is 1. The molecule has 2 N–H and O–H groups in total. The lowest BCUT2D eigenvalue weighted by atomic mass is 9.96. The maximum atomic E-state index is 14.5. The fourth-order valence-electron chi connectivity index (χ4n) is 4.73. The van der Waals surface area contributed by atoms with Crippen molar-refractivity contribution < 1.29 is 28.7 Å². The van der Waals surface area contributed by atoms with Gasteiger partial charge in [-0.05, 0) is 83.6 Å². The van der Waals surface area contributed by atoms with Gasteiger partial charge in [0.2, 0.25) is 11.8 Å². The zero-order valence-electron chi connectivity index (χ0n) is 28.3. The fraction of sp³-hybridized carbons (Fsp3) is 0.500. The molecule has 2 rings (SSSR count). The highest BCUT2D eigenvalue weighted by atomic mass is 32.2. The van der Waals surface area contributed by atoms with Gasteiger partial charge >= 0.3 is 12.1 Å². The van der Waals surface area contributed by atoms with Crippen LogP contribution in [-0.2, 0) is 30.3 Å². The maximum absolute atomic E-state index is 14.5. The number of amides is 3. The predicted octanol–water partition coefficient (Wildman–Crippen LogP) is 5.66. The first-order chi connectivity index (χ1) is 21.6. The van der Waals surface area contributed by atoms with Crippen molar-refractivity contribution in [3.63, 3.8) is 0 Å². The highest BCUT2D eigenvalue weighted by Gasteiger charge is 2.38. The fourth-order valence-corrected chi connectivity index (χ4v) is 5.21. The van der Waals surface area contributed by atoms with Crippen LogP contribution in [0.5, 0.6) is 0 Å². The Labute approximate surface area is 278 Å². The van der Waals surface area contributed by atoms with Crippen molar-refractivity contribution in [2.24, 2.45) is 0 Å². The molecule has 0 aliphatic rings. The summed E-state index contributed by atoms with van der Waals surface area (Å²) in [5, 5.41) is 5.62. The van der Waals surface area contributed by atoms with Crippen LogP contribution in [0.2, 0.25) is 0 Å². The number of carbonyl (C=O) groups is 4. The molecule has 0 aliphatic carbocycles. The zero-order valence-corrected chi connectivity index (χ0v) is 29.2. The van der Waals surface area contributed by atoms with Gasteiger partial charge in [0, 0.05) is 18.5 Å². The molecule has 3 unspecified atom stereocenters. The van der Waals surface area contributed by atoms with E-state index in [1.165, 1.54) is 16.7 Å². The molecule has 0 aromatic heterocycles. The molecule has 0 heterocycles. The number of alkyl carbamates (subject to hydrolysis) is 1. The van der Waals surface area contributed by atoms with Crippen molar-refractivity contribution in [2.45, 2.75) is 97.1 Å². The number of thioether (sulfide) groups is 1. The normalized spacial score (nSPS) is 13.4. The van der Waals surface area contributed by atoms with E-state index in [4.69, 9.17) is 15.9 Å². The van der Waals surface area contributed by atoms with Crippen molar-refractivity contribution in [2.75, 3.05) is 18.6 Å². The van der Waals surface area contributed by atoms with Gasteiger partial charge in [0.05, 0.1) is 0 Å². The number of rotatable bonds is 14. The molecule has 0 saturated carbocycles. The summed E-state index contributed by atoms with van der Waals surface area (Å²) < 4.78 is 11.2. The Kier molecular flexibility index (Phi) is 14.7. The minimum Gasteiger partial charge on any atom is -0.458 e. The maximum Gasteiger partial charge on any atom is 0.408 e. The van der Waals surface area contributed by atoms with Gasteiger partial charge in [0.25, 0.3) is 0 Å². The van der Waals surface area contributed by atoms with E-state index in [1.807, 2.05) is 43.5 Å². The molecule has 46 heavy (non-hydrogen) atoms. The van der Waals surface area contributed by atoms with Gasteiger partial charge in [-0.25, -0.2) is 9.59 Å². The van der Waals surface area contributed by atoms with Gasteiger partial charge in [0.1, 0.15) is 29.3 Å². The number of esters is 1. The van der Waals surface area contributed by atoms with Gasteiger partial charge in [0.15, 0.2) is 0 Å². The van der Waals surface area contributed by atoms with Crippen LogP contribution < -0.4 is 10.6 Å². The topological polar surface area (TPSA) is 114 Å². The van der Waals surface area contributed by atoms with E-state index in [1.54, 1.807) is 65.8 Å². The average molecular weight is 652 g/mol. The number of nitrogens with zero attached hydrogens (tertiary/aromatic N) is 1. The van der Waals surface area contributed by atoms with Crippen LogP contribution in [0.1, 0.15) is 84.0 Å². The lowest BCUT2D eigenvalue weighted by molar-refractivity contribution is -0.159. The molecule has 0 bridgehead atoms. The SMILES string of the molecule is C#Cc1ccccc1C(C(=O)NC(Cc1ccccc1)C(=O)OC(C)(C)C)N(CCC)C(=O)C(CCSC)NC(=O)OC(C)(C)C. The molecule has 0 spiro atoms. The zero-order chi connectivity index (χ0) is 34.5. The van der Waals surface area contributed by atoms with Gasteiger partial charge in [-0.3, -0.25) is 9.59 Å². The van der Waals surface area contributed by atoms with Crippen LogP contribution in [0.3, 0.4) is 0 Å². The van der Waals surface area contributed by atoms with Crippen LogP contribution in [0, 0.1) is 12.3 Å². The Morgan fingerprint density at radius 1 is 0.891 bits per heavy atom. The molecular weight excluding hydrogens is 602 g/mol. The van der Waals surface area contributed by atoms with E-state index in [-0.39, 0.29) is 13.0 Å². The number of hydrogen-bond acceptors (Lipinski definition) is 7. The van der Waals surface area contributed by atoms with Crippen molar-refractivity contribution in [1.82, 2.24) is 15.5 Å². The minimum atomic E-state index is -1.21. The van der Waals surface area contributed by atoms with Crippen LogP contribution in [0.15, 0.2) is 54.6 Å². The summed E-state index contributed by atoms with van der Waals surface area (Å²) in [5.41, 5.74) is 0.0967. The van der Waals surface area contributed by atoms with E-state index in [0.717, 1.165) is 5.56 Å². The predicted molar refractivity (Wildman–Crippen MR) is 183 cm³/mol. The summed E-state index contributed by atoms with van der Waals surface area (Å²) in [6.07, 6.45) is 8.03. The number of ether oxygens (including phenoxy) is 2.